The molecule has 0 aromatic heterocycles. The first kappa shape index (κ1) is 21.3. The molecule has 0 amide bonds. The van der Waals surface area contributed by atoms with Gasteiger partial charge in [0.2, 0.25) is 0 Å². The van der Waals surface area contributed by atoms with Gasteiger partial charge in [0.25, 0.3) is 0 Å². The second kappa shape index (κ2) is 7.58. The molecule has 2 aromatic rings. The van der Waals surface area contributed by atoms with Gasteiger partial charge in [-0.05, 0) is 63.5 Å². The van der Waals surface area contributed by atoms with E-state index in [0.29, 0.717) is 11.5 Å². The van der Waals surface area contributed by atoms with E-state index in [1.807, 2.05) is 0 Å². The predicted octanol–water partition coefficient (Wildman–Crippen LogP) is 6.41. The Hall–Kier alpha value is -1.96. The average Bonchev–Trinajstić information content (AvgIpc) is 2.55. The quantitative estimate of drug-likeness (QED) is 0.655. The lowest BCUT2D eigenvalue weighted by Crippen LogP contribution is -2.18. The van der Waals surface area contributed by atoms with Crippen LogP contribution < -0.4 is 0 Å². The first-order valence-corrected chi connectivity index (χ1v) is 10.1. The summed E-state index contributed by atoms with van der Waals surface area (Å²) in [5.41, 5.74) is 6.18. The Morgan fingerprint density at radius 3 is 1.33 bits per heavy atom. The van der Waals surface area contributed by atoms with Gasteiger partial charge >= 0.3 is 0 Å². The molecule has 0 saturated carbocycles. The Morgan fingerprint density at radius 1 is 0.630 bits per heavy atom. The minimum absolute atomic E-state index is 0.127. The molecule has 2 rings (SSSR count). The second-order valence-corrected chi connectivity index (χ2v) is 9.69. The summed E-state index contributed by atoms with van der Waals surface area (Å²) in [6.45, 7) is 17.0. The minimum Gasteiger partial charge on any atom is -0.507 e. The monoisotopic (exact) mass is 368 g/mol. The van der Waals surface area contributed by atoms with Gasteiger partial charge in [-0.3, -0.25) is 0 Å². The molecule has 0 heterocycles. The molecule has 2 aromatic carbocycles. The highest BCUT2D eigenvalue weighted by molar-refractivity contribution is 5.51. The summed E-state index contributed by atoms with van der Waals surface area (Å²) >= 11 is 0. The fraction of sp³-hybridized carbons (Fsp3) is 0.520. The molecule has 2 heteroatoms. The van der Waals surface area contributed by atoms with Crippen molar-refractivity contribution in [1.82, 2.24) is 0 Å². The van der Waals surface area contributed by atoms with Gasteiger partial charge in [0.05, 0.1) is 0 Å². The molecule has 0 unspecified atom stereocenters. The first-order chi connectivity index (χ1) is 12.4. The molecule has 0 atom stereocenters. The van der Waals surface area contributed by atoms with Crippen LogP contribution in [0.25, 0.3) is 0 Å². The van der Waals surface area contributed by atoms with Gasteiger partial charge in [0.1, 0.15) is 11.5 Å². The van der Waals surface area contributed by atoms with Crippen molar-refractivity contribution in [2.24, 2.45) is 0 Å². The van der Waals surface area contributed by atoms with Crippen LogP contribution in [-0.4, -0.2) is 10.2 Å². The highest BCUT2D eigenvalue weighted by Gasteiger charge is 2.26. The topological polar surface area (TPSA) is 40.5 Å². The molecule has 0 bridgehead atoms. The molecule has 0 aliphatic rings. The average molecular weight is 369 g/mol. The first-order valence-electron chi connectivity index (χ1n) is 10.1. The number of aromatic hydroxyl groups is 2. The molecule has 2 nitrogen and oxygen atoms in total. The van der Waals surface area contributed by atoms with E-state index in [-0.39, 0.29) is 10.8 Å². The van der Waals surface area contributed by atoms with Crippen molar-refractivity contribution < 1.29 is 10.2 Å². The van der Waals surface area contributed by atoms with E-state index in [2.05, 4.69) is 79.7 Å². The number of benzene rings is 2. The number of hydrogen-bond acceptors (Lipinski definition) is 2. The Bertz CT molecular complexity index is 757. The number of rotatable bonds is 4. The van der Waals surface area contributed by atoms with Gasteiger partial charge in [-0.25, -0.2) is 0 Å². The van der Waals surface area contributed by atoms with E-state index in [0.717, 1.165) is 41.5 Å². The van der Waals surface area contributed by atoms with Crippen molar-refractivity contribution in [1.29, 1.82) is 0 Å². The second-order valence-electron chi connectivity index (χ2n) is 9.69. The van der Waals surface area contributed by atoms with Crippen molar-refractivity contribution in [2.45, 2.75) is 85.5 Å². The van der Waals surface area contributed by atoms with Gasteiger partial charge in [0, 0.05) is 0 Å². The summed E-state index contributed by atoms with van der Waals surface area (Å²) in [7, 11) is 0. The summed E-state index contributed by atoms with van der Waals surface area (Å²) in [4.78, 5) is 0. The van der Waals surface area contributed by atoms with Gasteiger partial charge in [-0.1, -0.05) is 79.7 Å². The molecule has 0 radical (unpaired) electrons. The van der Waals surface area contributed by atoms with Crippen LogP contribution >= 0.6 is 0 Å². The maximum atomic E-state index is 10.9. The molecule has 0 fully saturated rings. The Morgan fingerprint density at radius 2 is 1.00 bits per heavy atom. The predicted molar refractivity (Wildman–Crippen MR) is 115 cm³/mol. The van der Waals surface area contributed by atoms with Gasteiger partial charge in [-0.15, -0.1) is 0 Å². The number of phenolic OH excluding ortho intramolecular Hbond substituents is 2. The summed E-state index contributed by atoms with van der Waals surface area (Å²) in [5.74, 6) is 0.869. The Balaban J connectivity index is 2.60. The number of hydrogen-bond donors (Lipinski definition) is 2. The summed E-state index contributed by atoms with van der Waals surface area (Å²) < 4.78 is 0. The van der Waals surface area contributed by atoms with Crippen molar-refractivity contribution in [3.05, 3.63) is 57.6 Å². The van der Waals surface area contributed by atoms with Crippen LogP contribution in [0.5, 0.6) is 11.5 Å². The van der Waals surface area contributed by atoms with E-state index in [1.54, 1.807) is 0 Å². The van der Waals surface area contributed by atoms with E-state index in [1.165, 1.54) is 11.1 Å². The molecule has 0 aliphatic carbocycles. The van der Waals surface area contributed by atoms with E-state index in [9.17, 15) is 10.2 Å². The third-order valence-electron chi connectivity index (χ3n) is 5.28. The molecule has 148 valence electrons. The van der Waals surface area contributed by atoms with Crippen LogP contribution in [0.2, 0.25) is 0 Å². The SMILES string of the molecule is CCc1cc(Cc2cc(C(C)(C)C)c(O)c(C(C)(C)C)c2)cc(CC)c1O. The van der Waals surface area contributed by atoms with Crippen LogP contribution in [0.15, 0.2) is 24.3 Å². The van der Waals surface area contributed by atoms with Crippen molar-refractivity contribution in [2.75, 3.05) is 0 Å². The molecule has 27 heavy (non-hydrogen) atoms. The fourth-order valence-corrected chi connectivity index (χ4v) is 3.65. The summed E-state index contributed by atoms with van der Waals surface area (Å²) in [6, 6.07) is 8.53. The lowest BCUT2D eigenvalue weighted by molar-refractivity contribution is 0.423. The zero-order valence-electron chi connectivity index (χ0n) is 18.3. The maximum absolute atomic E-state index is 10.9. The highest BCUT2D eigenvalue weighted by Crippen LogP contribution is 2.40. The van der Waals surface area contributed by atoms with Crippen LogP contribution in [-0.2, 0) is 30.1 Å². The molecule has 0 saturated heterocycles. The van der Waals surface area contributed by atoms with Crippen LogP contribution in [0, 0.1) is 0 Å². The fourth-order valence-electron chi connectivity index (χ4n) is 3.65. The van der Waals surface area contributed by atoms with Gasteiger partial charge < -0.3 is 10.2 Å². The Kier molecular flexibility index (Phi) is 5.99. The van der Waals surface area contributed by atoms with Crippen LogP contribution in [0.3, 0.4) is 0 Å². The van der Waals surface area contributed by atoms with Gasteiger partial charge in [-0.2, -0.15) is 0 Å². The largest absolute Gasteiger partial charge is 0.507 e. The lowest BCUT2D eigenvalue weighted by atomic mass is 9.78. The molecular formula is C25H36O2. The highest BCUT2D eigenvalue weighted by atomic mass is 16.3. The number of aryl methyl sites for hydroxylation is 2. The standard InChI is InChI=1S/C25H36O2/c1-9-18-12-16(13-19(10-2)22(18)26)11-17-14-20(24(3,4)5)23(27)21(15-17)25(6,7)8/h12-15,26-27H,9-11H2,1-8H3. The van der Waals surface area contributed by atoms with Crippen molar-refractivity contribution in [3.63, 3.8) is 0 Å². The van der Waals surface area contributed by atoms with Crippen molar-refractivity contribution in [3.8, 4) is 11.5 Å². The van der Waals surface area contributed by atoms with Gasteiger partial charge in [0.15, 0.2) is 0 Å². The summed E-state index contributed by atoms with van der Waals surface area (Å²) in [6.07, 6.45) is 2.44. The zero-order chi connectivity index (χ0) is 20.6. The number of phenols is 2. The lowest BCUT2D eigenvalue weighted by Gasteiger charge is -2.28. The van der Waals surface area contributed by atoms with Crippen molar-refractivity contribution >= 4 is 0 Å². The normalized spacial score (nSPS) is 12.4. The van der Waals surface area contributed by atoms with E-state index >= 15 is 0 Å². The molecule has 0 spiro atoms. The molecule has 0 aliphatic heterocycles. The third kappa shape index (κ3) is 4.66. The molecule has 2 N–H and O–H groups in total. The third-order valence-corrected chi connectivity index (χ3v) is 5.28. The van der Waals surface area contributed by atoms with E-state index < -0.39 is 0 Å². The smallest absolute Gasteiger partial charge is 0.123 e. The van der Waals surface area contributed by atoms with Crippen LogP contribution in [0.4, 0.5) is 0 Å². The summed E-state index contributed by atoms with van der Waals surface area (Å²) in [5, 5.41) is 21.3. The Labute approximate surface area is 165 Å². The molecular weight excluding hydrogens is 332 g/mol. The minimum atomic E-state index is -0.127. The maximum Gasteiger partial charge on any atom is 0.123 e. The van der Waals surface area contributed by atoms with Crippen LogP contribution in [0.1, 0.15) is 88.8 Å². The van der Waals surface area contributed by atoms with E-state index in [4.69, 9.17) is 0 Å². The zero-order valence-corrected chi connectivity index (χ0v) is 18.3.